The zero-order valence-electron chi connectivity index (χ0n) is 16.8. The van der Waals surface area contributed by atoms with Crippen molar-refractivity contribution in [3.05, 3.63) is 0 Å². The van der Waals surface area contributed by atoms with Gasteiger partial charge in [0, 0.05) is 14.6 Å². The molecule has 0 radical (unpaired) electrons. The number of carbonyl (C=O) groups is 3. The van der Waals surface area contributed by atoms with Crippen molar-refractivity contribution in [2.24, 2.45) is 0 Å². The number of hydrogen-bond acceptors (Lipinski definition) is 5. The Labute approximate surface area is 157 Å². The molecule has 0 spiro atoms. The Bertz CT molecular complexity index is 471. The van der Waals surface area contributed by atoms with Gasteiger partial charge < -0.3 is 25.2 Å². The first-order valence-electron chi connectivity index (χ1n) is 8.93. The first-order chi connectivity index (χ1) is 11.8. The molecular weight excluding hydrogens is 356 g/mol. The van der Waals surface area contributed by atoms with E-state index in [1.807, 2.05) is 0 Å². The summed E-state index contributed by atoms with van der Waals surface area (Å²) in [7, 11) is -1.23. The summed E-state index contributed by atoms with van der Waals surface area (Å²) >= 11 is 0. The van der Waals surface area contributed by atoms with E-state index < -0.39 is 37.9 Å². The molecule has 0 saturated carbocycles. The minimum atomic E-state index is -1.23. The van der Waals surface area contributed by atoms with Gasteiger partial charge in [-0.15, -0.1) is 0 Å². The summed E-state index contributed by atoms with van der Waals surface area (Å²) in [5, 5.41) is 14.2. The van der Waals surface area contributed by atoms with Crippen LogP contribution in [0.3, 0.4) is 0 Å². The Kier molecular flexibility index (Phi) is 10.3. The molecule has 0 bridgehead atoms. The van der Waals surface area contributed by atoms with Crippen LogP contribution in [0.15, 0.2) is 0 Å². The van der Waals surface area contributed by atoms with E-state index in [-0.39, 0.29) is 6.42 Å². The minimum absolute atomic E-state index is 0.251. The second-order valence-corrected chi connectivity index (χ2v) is 14.0. The molecule has 0 aromatic carbocycles. The van der Waals surface area contributed by atoms with Crippen LogP contribution in [0.2, 0.25) is 25.7 Å². The van der Waals surface area contributed by atoms with Crippen LogP contribution >= 0.6 is 0 Å². The monoisotopic (exact) mass is 390 g/mol. The highest BCUT2D eigenvalue weighted by Crippen LogP contribution is 2.09. The van der Waals surface area contributed by atoms with Crippen LogP contribution in [0.25, 0.3) is 0 Å². The van der Waals surface area contributed by atoms with Crippen LogP contribution in [-0.2, 0) is 14.3 Å². The van der Waals surface area contributed by atoms with E-state index in [9.17, 15) is 19.5 Å². The number of rotatable bonds is 10. The maximum atomic E-state index is 11.7. The summed E-state index contributed by atoms with van der Waals surface area (Å²) in [6, 6.07) is -0.106. The number of alkyl carbamates (subject to hydrolysis) is 2. The quantitative estimate of drug-likeness (QED) is 0.390. The molecule has 2 amide bonds. The van der Waals surface area contributed by atoms with Gasteiger partial charge in [-0.2, -0.15) is 0 Å². The number of unbranched alkanes of at least 4 members (excludes halogenated alkanes) is 1. The van der Waals surface area contributed by atoms with Crippen molar-refractivity contribution in [2.75, 3.05) is 13.2 Å². The molecule has 0 aliphatic carbocycles. The molecule has 152 valence electrons. The number of ether oxygens (including phenoxy) is 2. The molecule has 0 rings (SSSR count). The molecule has 9 heteroatoms. The number of aliphatic carboxylic acids is 1. The Morgan fingerprint density at radius 2 is 1.69 bits per heavy atom. The number of carboxylic acids is 1. The lowest BCUT2D eigenvalue weighted by molar-refractivity contribution is -0.139. The highest BCUT2D eigenvalue weighted by atomic mass is 28.3. The molecule has 0 aromatic rings. The van der Waals surface area contributed by atoms with Crippen molar-refractivity contribution in [1.82, 2.24) is 10.6 Å². The highest BCUT2D eigenvalue weighted by molar-refractivity contribution is 6.76. The predicted molar refractivity (Wildman–Crippen MR) is 102 cm³/mol. The molecule has 0 aliphatic heterocycles. The van der Waals surface area contributed by atoms with Crippen LogP contribution in [0.5, 0.6) is 0 Å². The van der Waals surface area contributed by atoms with Gasteiger partial charge in [-0.1, -0.05) is 19.6 Å². The van der Waals surface area contributed by atoms with Gasteiger partial charge in [-0.3, -0.25) is 0 Å². The van der Waals surface area contributed by atoms with Crippen molar-refractivity contribution in [3.8, 4) is 0 Å². The summed E-state index contributed by atoms with van der Waals surface area (Å²) in [5.74, 6) is -1.12. The second kappa shape index (κ2) is 11.0. The third kappa shape index (κ3) is 14.6. The number of hydrogen-bond donors (Lipinski definition) is 3. The number of nitrogens with one attached hydrogen (secondary N) is 2. The van der Waals surface area contributed by atoms with Gasteiger partial charge in [-0.25, -0.2) is 14.4 Å². The minimum Gasteiger partial charge on any atom is -0.480 e. The summed E-state index contributed by atoms with van der Waals surface area (Å²) in [6.07, 6.45) is 0.158. The second-order valence-electron chi connectivity index (χ2n) is 8.41. The Hall–Kier alpha value is -1.77. The van der Waals surface area contributed by atoms with E-state index >= 15 is 0 Å². The molecule has 1 atom stereocenters. The first-order valence-corrected chi connectivity index (χ1v) is 12.6. The zero-order valence-corrected chi connectivity index (χ0v) is 17.8. The average Bonchev–Trinajstić information content (AvgIpc) is 2.42. The van der Waals surface area contributed by atoms with Crippen LogP contribution in [0.1, 0.15) is 40.0 Å². The lowest BCUT2D eigenvalue weighted by atomic mass is 10.1. The standard InChI is InChI=1S/C17H34N2O6Si/c1-17(2,3)25-16(23)19-13(14(20)21)9-7-8-10-18-15(22)24-11-12-26(4,5)6/h13H,7-12H2,1-6H3,(H,18,22)(H,19,23)(H,20,21)/t13-/m0/s1. The largest absolute Gasteiger partial charge is 0.480 e. The van der Waals surface area contributed by atoms with Crippen LogP contribution < -0.4 is 10.6 Å². The van der Waals surface area contributed by atoms with E-state index in [0.717, 1.165) is 6.04 Å². The molecule has 0 unspecified atom stereocenters. The van der Waals surface area contributed by atoms with Gasteiger partial charge in [-0.05, 0) is 46.1 Å². The van der Waals surface area contributed by atoms with Crippen molar-refractivity contribution in [1.29, 1.82) is 0 Å². The highest BCUT2D eigenvalue weighted by Gasteiger charge is 2.23. The van der Waals surface area contributed by atoms with Crippen molar-refractivity contribution < 1.29 is 29.0 Å². The van der Waals surface area contributed by atoms with E-state index in [1.165, 1.54) is 0 Å². The Morgan fingerprint density at radius 3 is 2.19 bits per heavy atom. The zero-order chi connectivity index (χ0) is 20.4. The fraction of sp³-hybridized carbons (Fsp3) is 0.824. The number of carbonyl (C=O) groups excluding carboxylic acids is 2. The normalized spacial score (nSPS) is 12.8. The molecular formula is C17H34N2O6Si. The van der Waals surface area contributed by atoms with Gasteiger partial charge >= 0.3 is 18.2 Å². The van der Waals surface area contributed by atoms with Gasteiger partial charge in [0.2, 0.25) is 0 Å². The SMILES string of the molecule is CC(C)(C)OC(=O)N[C@@H](CCCCNC(=O)OCC[Si](C)(C)C)C(=O)O. The molecule has 0 heterocycles. The van der Waals surface area contributed by atoms with Crippen molar-refractivity contribution in [3.63, 3.8) is 0 Å². The van der Waals surface area contributed by atoms with Crippen LogP contribution in [0, 0.1) is 0 Å². The first kappa shape index (κ1) is 24.2. The predicted octanol–water partition coefficient (Wildman–Crippen LogP) is 3.20. The van der Waals surface area contributed by atoms with Gasteiger partial charge in [0.1, 0.15) is 11.6 Å². The average molecular weight is 391 g/mol. The molecule has 3 N–H and O–H groups in total. The van der Waals surface area contributed by atoms with Gasteiger partial charge in [0.15, 0.2) is 0 Å². The van der Waals surface area contributed by atoms with E-state index in [2.05, 4.69) is 30.3 Å². The van der Waals surface area contributed by atoms with E-state index in [1.54, 1.807) is 20.8 Å². The summed E-state index contributed by atoms with van der Waals surface area (Å²) in [6.45, 7) is 12.5. The summed E-state index contributed by atoms with van der Waals surface area (Å²) in [4.78, 5) is 34.4. The number of amides is 2. The smallest absolute Gasteiger partial charge is 0.408 e. The maximum Gasteiger partial charge on any atom is 0.408 e. The number of carboxylic acid groups (broad SMARTS) is 1. The lowest BCUT2D eigenvalue weighted by Crippen LogP contribution is -2.43. The van der Waals surface area contributed by atoms with Gasteiger partial charge in [0.05, 0.1) is 6.61 Å². The molecule has 0 aromatic heterocycles. The van der Waals surface area contributed by atoms with E-state index in [0.29, 0.717) is 26.0 Å². The third-order valence-corrected chi connectivity index (χ3v) is 4.97. The van der Waals surface area contributed by atoms with Crippen molar-refractivity contribution in [2.45, 2.75) is 77.4 Å². The van der Waals surface area contributed by atoms with Crippen LogP contribution in [0.4, 0.5) is 9.59 Å². The maximum absolute atomic E-state index is 11.7. The molecule has 26 heavy (non-hydrogen) atoms. The van der Waals surface area contributed by atoms with E-state index in [4.69, 9.17) is 9.47 Å². The van der Waals surface area contributed by atoms with Crippen LogP contribution in [-0.4, -0.2) is 56.1 Å². The molecule has 0 saturated heterocycles. The third-order valence-electron chi connectivity index (χ3n) is 3.26. The fourth-order valence-electron chi connectivity index (χ4n) is 1.87. The Balaban J connectivity index is 3.98. The fourth-order valence-corrected chi connectivity index (χ4v) is 2.59. The molecule has 8 nitrogen and oxygen atoms in total. The Morgan fingerprint density at radius 1 is 1.08 bits per heavy atom. The molecule has 0 fully saturated rings. The lowest BCUT2D eigenvalue weighted by Gasteiger charge is -2.22. The van der Waals surface area contributed by atoms with Crippen molar-refractivity contribution >= 4 is 26.2 Å². The summed E-state index contributed by atoms with van der Waals surface area (Å²) < 4.78 is 10.2. The van der Waals surface area contributed by atoms with Gasteiger partial charge in [0.25, 0.3) is 0 Å². The summed E-state index contributed by atoms with van der Waals surface area (Å²) in [5.41, 5.74) is -0.688. The topological polar surface area (TPSA) is 114 Å². The molecule has 0 aliphatic rings.